The molecule has 102 valence electrons. The normalized spacial score (nSPS) is 11.2. The number of hydrogen-bond acceptors (Lipinski definition) is 3. The molecule has 0 atom stereocenters. The summed E-state index contributed by atoms with van der Waals surface area (Å²) in [5.74, 6) is 1.40. The van der Waals surface area contributed by atoms with Gasteiger partial charge in [0.1, 0.15) is 12.4 Å². The van der Waals surface area contributed by atoms with Crippen molar-refractivity contribution in [2.75, 3.05) is 6.54 Å². The molecule has 0 bridgehead atoms. The van der Waals surface area contributed by atoms with Gasteiger partial charge in [0, 0.05) is 25.0 Å². The third-order valence-electron chi connectivity index (χ3n) is 2.49. The fourth-order valence-corrected chi connectivity index (χ4v) is 1.48. The molecule has 0 aromatic carbocycles. The smallest absolute Gasteiger partial charge is 0.239 e. The van der Waals surface area contributed by atoms with E-state index in [9.17, 15) is 4.79 Å². The van der Waals surface area contributed by atoms with Gasteiger partial charge in [-0.05, 0) is 5.92 Å². The van der Waals surface area contributed by atoms with Crippen LogP contribution in [0.25, 0.3) is 0 Å². The van der Waals surface area contributed by atoms with Crippen LogP contribution in [0, 0.1) is 5.92 Å². The van der Waals surface area contributed by atoms with Crippen LogP contribution in [0.2, 0.25) is 0 Å². The molecule has 1 rings (SSSR count). The quantitative estimate of drug-likeness (QED) is 0.765. The molecular formula is C13H24N4O. The molecule has 0 fully saturated rings. The van der Waals surface area contributed by atoms with E-state index in [0.717, 1.165) is 5.82 Å². The topological polar surface area (TPSA) is 59.0 Å². The van der Waals surface area contributed by atoms with E-state index in [4.69, 9.17) is 0 Å². The Morgan fingerprint density at radius 2 is 2.11 bits per heavy atom. The van der Waals surface area contributed by atoms with Gasteiger partial charge in [0.2, 0.25) is 5.91 Å². The Morgan fingerprint density at radius 1 is 1.39 bits per heavy atom. The van der Waals surface area contributed by atoms with Crippen LogP contribution in [-0.4, -0.2) is 28.0 Å². The summed E-state index contributed by atoms with van der Waals surface area (Å²) >= 11 is 0. The molecule has 0 radical (unpaired) electrons. The van der Waals surface area contributed by atoms with Gasteiger partial charge >= 0.3 is 0 Å². The number of carbonyl (C=O) groups is 1. The van der Waals surface area contributed by atoms with Crippen molar-refractivity contribution in [1.29, 1.82) is 0 Å². The van der Waals surface area contributed by atoms with E-state index >= 15 is 0 Å². The first-order chi connectivity index (χ1) is 8.49. The monoisotopic (exact) mass is 252 g/mol. The number of aromatic nitrogens is 2. The molecule has 0 saturated carbocycles. The standard InChI is InChI=1S/C13H24N4O/c1-10(2)7-16-13(18)9-17-6-5-14-12(17)8-15-11(3)4/h5-6,10-11,15H,7-9H2,1-4H3,(H,16,18). The molecule has 1 aromatic rings. The largest absolute Gasteiger partial charge is 0.354 e. The van der Waals surface area contributed by atoms with Gasteiger partial charge in [0.25, 0.3) is 0 Å². The summed E-state index contributed by atoms with van der Waals surface area (Å²) in [6.07, 6.45) is 3.57. The first-order valence-electron chi connectivity index (χ1n) is 6.49. The molecule has 1 aromatic heterocycles. The van der Waals surface area contributed by atoms with Crippen LogP contribution >= 0.6 is 0 Å². The third kappa shape index (κ3) is 5.31. The van der Waals surface area contributed by atoms with E-state index in [-0.39, 0.29) is 5.91 Å². The molecule has 18 heavy (non-hydrogen) atoms. The summed E-state index contributed by atoms with van der Waals surface area (Å²) in [7, 11) is 0. The molecule has 5 nitrogen and oxygen atoms in total. The van der Waals surface area contributed by atoms with E-state index in [1.807, 2.05) is 10.8 Å². The molecule has 1 amide bonds. The summed E-state index contributed by atoms with van der Waals surface area (Å²) in [6.45, 7) is 10.1. The second-order valence-corrected chi connectivity index (χ2v) is 5.20. The average Bonchev–Trinajstić information content (AvgIpc) is 2.71. The lowest BCUT2D eigenvalue weighted by Gasteiger charge is -2.11. The zero-order valence-corrected chi connectivity index (χ0v) is 11.7. The van der Waals surface area contributed by atoms with Gasteiger partial charge in [-0.3, -0.25) is 4.79 Å². The molecule has 1 heterocycles. The molecule has 2 N–H and O–H groups in total. The van der Waals surface area contributed by atoms with Crippen molar-refractivity contribution in [3.63, 3.8) is 0 Å². The lowest BCUT2D eigenvalue weighted by atomic mass is 10.2. The van der Waals surface area contributed by atoms with Gasteiger partial charge in [0.05, 0.1) is 6.54 Å². The predicted molar refractivity (Wildman–Crippen MR) is 72.1 cm³/mol. The fraction of sp³-hybridized carbons (Fsp3) is 0.692. The van der Waals surface area contributed by atoms with Crippen LogP contribution in [0.1, 0.15) is 33.5 Å². The Morgan fingerprint density at radius 3 is 2.72 bits per heavy atom. The first kappa shape index (κ1) is 14.7. The van der Waals surface area contributed by atoms with Crippen molar-refractivity contribution in [2.24, 2.45) is 5.92 Å². The van der Waals surface area contributed by atoms with Gasteiger partial charge < -0.3 is 15.2 Å². The summed E-state index contributed by atoms with van der Waals surface area (Å²) in [5, 5.41) is 6.20. The highest BCUT2D eigenvalue weighted by molar-refractivity contribution is 5.75. The van der Waals surface area contributed by atoms with E-state index in [0.29, 0.717) is 31.6 Å². The summed E-state index contributed by atoms with van der Waals surface area (Å²) in [4.78, 5) is 16.0. The zero-order chi connectivity index (χ0) is 13.5. The molecule has 0 aliphatic carbocycles. The summed E-state index contributed by atoms with van der Waals surface area (Å²) in [6, 6.07) is 0.407. The number of amides is 1. The fourth-order valence-electron chi connectivity index (χ4n) is 1.48. The highest BCUT2D eigenvalue weighted by Gasteiger charge is 2.08. The van der Waals surface area contributed by atoms with Crippen LogP contribution in [0.4, 0.5) is 0 Å². The van der Waals surface area contributed by atoms with Crippen LogP contribution in [0.3, 0.4) is 0 Å². The molecule has 0 saturated heterocycles. The number of carbonyl (C=O) groups excluding carboxylic acids is 1. The van der Waals surface area contributed by atoms with Crippen molar-refractivity contribution in [3.8, 4) is 0 Å². The van der Waals surface area contributed by atoms with Crippen LogP contribution in [0.15, 0.2) is 12.4 Å². The first-order valence-corrected chi connectivity index (χ1v) is 6.49. The van der Waals surface area contributed by atoms with E-state index in [1.165, 1.54) is 0 Å². The Labute approximate surface area is 109 Å². The van der Waals surface area contributed by atoms with Crippen molar-refractivity contribution in [1.82, 2.24) is 20.2 Å². The number of hydrogen-bond donors (Lipinski definition) is 2. The van der Waals surface area contributed by atoms with Crippen molar-refractivity contribution < 1.29 is 4.79 Å². The second kappa shape index (κ2) is 7.16. The maximum atomic E-state index is 11.7. The maximum Gasteiger partial charge on any atom is 0.239 e. The molecule has 0 spiro atoms. The Hall–Kier alpha value is -1.36. The number of rotatable bonds is 7. The number of nitrogens with zero attached hydrogens (tertiary/aromatic N) is 2. The van der Waals surface area contributed by atoms with Crippen molar-refractivity contribution >= 4 is 5.91 Å². The van der Waals surface area contributed by atoms with Crippen LogP contribution in [0.5, 0.6) is 0 Å². The number of imidazole rings is 1. The SMILES string of the molecule is CC(C)CNC(=O)Cn1ccnc1CNC(C)C. The van der Waals surface area contributed by atoms with Crippen molar-refractivity contribution in [2.45, 2.75) is 46.8 Å². The molecule has 0 aliphatic heterocycles. The lowest BCUT2D eigenvalue weighted by molar-refractivity contribution is -0.121. The summed E-state index contributed by atoms with van der Waals surface area (Å²) < 4.78 is 1.88. The van der Waals surface area contributed by atoms with Gasteiger partial charge in [-0.25, -0.2) is 4.98 Å². The predicted octanol–water partition coefficient (Wildman–Crippen LogP) is 1.15. The maximum absolute atomic E-state index is 11.7. The summed E-state index contributed by atoms with van der Waals surface area (Å²) in [5.41, 5.74) is 0. The van der Waals surface area contributed by atoms with Gasteiger partial charge in [-0.1, -0.05) is 27.7 Å². The lowest BCUT2D eigenvalue weighted by Crippen LogP contribution is -2.31. The molecule has 0 unspecified atom stereocenters. The van der Waals surface area contributed by atoms with E-state index < -0.39 is 0 Å². The number of nitrogens with one attached hydrogen (secondary N) is 2. The minimum atomic E-state index is 0.0347. The van der Waals surface area contributed by atoms with Gasteiger partial charge in [0.15, 0.2) is 0 Å². The van der Waals surface area contributed by atoms with Crippen molar-refractivity contribution in [3.05, 3.63) is 18.2 Å². The minimum absolute atomic E-state index is 0.0347. The van der Waals surface area contributed by atoms with Crippen LogP contribution in [-0.2, 0) is 17.9 Å². The molecule has 5 heteroatoms. The average molecular weight is 252 g/mol. The Balaban J connectivity index is 2.46. The Bertz CT molecular complexity index is 371. The minimum Gasteiger partial charge on any atom is -0.354 e. The molecular weight excluding hydrogens is 228 g/mol. The Kier molecular flexibility index (Phi) is 5.85. The van der Waals surface area contributed by atoms with Gasteiger partial charge in [-0.2, -0.15) is 0 Å². The second-order valence-electron chi connectivity index (χ2n) is 5.20. The van der Waals surface area contributed by atoms with Crippen LogP contribution < -0.4 is 10.6 Å². The highest BCUT2D eigenvalue weighted by atomic mass is 16.1. The highest BCUT2D eigenvalue weighted by Crippen LogP contribution is 1.98. The molecule has 0 aliphatic rings. The van der Waals surface area contributed by atoms with Gasteiger partial charge in [-0.15, -0.1) is 0 Å². The zero-order valence-electron chi connectivity index (χ0n) is 11.7. The third-order valence-corrected chi connectivity index (χ3v) is 2.49. The van der Waals surface area contributed by atoms with E-state index in [1.54, 1.807) is 6.20 Å². The van der Waals surface area contributed by atoms with E-state index in [2.05, 4.69) is 43.3 Å².